The lowest BCUT2D eigenvalue weighted by Crippen LogP contribution is -2.19. The lowest BCUT2D eigenvalue weighted by atomic mass is 10.2. The molecule has 3 rings (SSSR count). The summed E-state index contributed by atoms with van der Waals surface area (Å²) in [6.07, 6.45) is 8.09. The second-order valence-electron chi connectivity index (χ2n) is 5.31. The van der Waals surface area contributed by atoms with Crippen LogP contribution in [0.1, 0.15) is 32.1 Å². The van der Waals surface area contributed by atoms with Crippen molar-refractivity contribution >= 4 is 11.6 Å². The van der Waals surface area contributed by atoms with Gasteiger partial charge in [-0.2, -0.15) is 0 Å². The van der Waals surface area contributed by atoms with E-state index in [-0.39, 0.29) is 0 Å². The van der Waals surface area contributed by atoms with Crippen molar-refractivity contribution in [1.29, 1.82) is 0 Å². The molecule has 0 saturated carbocycles. The third-order valence-corrected chi connectivity index (χ3v) is 3.88. The molecule has 2 aliphatic rings. The molecule has 2 saturated heterocycles. The summed E-state index contributed by atoms with van der Waals surface area (Å²) < 4.78 is 5.61. The summed E-state index contributed by atoms with van der Waals surface area (Å²) in [7, 11) is 0. The fourth-order valence-corrected chi connectivity index (χ4v) is 2.80. The van der Waals surface area contributed by atoms with Gasteiger partial charge in [0.2, 0.25) is 0 Å². The molecular formula is C14H22N4O. The van der Waals surface area contributed by atoms with Crippen LogP contribution >= 0.6 is 0 Å². The monoisotopic (exact) mass is 262 g/mol. The number of anilines is 2. The van der Waals surface area contributed by atoms with Crippen LogP contribution in [0.3, 0.4) is 0 Å². The summed E-state index contributed by atoms with van der Waals surface area (Å²) in [6, 6.07) is 2.06. The first-order valence-corrected chi connectivity index (χ1v) is 7.34. The van der Waals surface area contributed by atoms with E-state index < -0.39 is 0 Å². The van der Waals surface area contributed by atoms with Crippen LogP contribution in [-0.4, -0.2) is 42.3 Å². The fraction of sp³-hybridized carbons (Fsp3) is 0.714. The molecule has 0 amide bonds. The molecule has 0 radical (unpaired) electrons. The minimum Gasteiger partial charge on any atom is -0.378 e. The zero-order valence-electron chi connectivity index (χ0n) is 11.3. The Balaban J connectivity index is 1.50. The van der Waals surface area contributed by atoms with Crippen LogP contribution in [-0.2, 0) is 4.74 Å². The maximum atomic E-state index is 5.61. The van der Waals surface area contributed by atoms with Gasteiger partial charge in [-0.25, -0.2) is 9.97 Å². The molecule has 1 aromatic rings. The van der Waals surface area contributed by atoms with Crippen molar-refractivity contribution in [3.05, 3.63) is 12.4 Å². The van der Waals surface area contributed by atoms with Crippen LogP contribution in [0, 0.1) is 0 Å². The van der Waals surface area contributed by atoms with Crippen LogP contribution in [0.4, 0.5) is 11.6 Å². The molecule has 1 N–H and O–H groups in total. The maximum Gasteiger partial charge on any atom is 0.134 e. The Morgan fingerprint density at radius 2 is 2.16 bits per heavy atom. The van der Waals surface area contributed by atoms with Gasteiger partial charge >= 0.3 is 0 Å². The van der Waals surface area contributed by atoms with E-state index in [1.165, 1.54) is 25.7 Å². The van der Waals surface area contributed by atoms with Gasteiger partial charge in [-0.05, 0) is 32.1 Å². The lowest BCUT2D eigenvalue weighted by molar-refractivity contribution is 0.107. The Hall–Kier alpha value is -1.36. The smallest absolute Gasteiger partial charge is 0.134 e. The number of aromatic nitrogens is 2. The minimum atomic E-state index is 0.437. The van der Waals surface area contributed by atoms with Crippen molar-refractivity contribution in [2.45, 2.75) is 38.2 Å². The van der Waals surface area contributed by atoms with E-state index in [1.54, 1.807) is 6.33 Å². The van der Waals surface area contributed by atoms with Gasteiger partial charge < -0.3 is 15.0 Å². The first kappa shape index (κ1) is 12.7. The van der Waals surface area contributed by atoms with Crippen molar-refractivity contribution in [1.82, 2.24) is 9.97 Å². The van der Waals surface area contributed by atoms with Crippen LogP contribution < -0.4 is 10.2 Å². The van der Waals surface area contributed by atoms with E-state index in [0.717, 1.165) is 44.3 Å². The molecule has 5 heteroatoms. The summed E-state index contributed by atoms with van der Waals surface area (Å²) >= 11 is 0. The van der Waals surface area contributed by atoms with Gasteiger partial charge in [0.1, 0.15) is 18.0 Å². The van der Waals surface area contributed by atoms with Crippen molar-refractivity contribution in [2.75, 3.05) is 36.5 Å². The molecule has 3 heterocycles. The highest BCUT2D eigenvalue weighted by Gasteiger charge is 2.16. The summed E-state index contributed by atoms with van der Waals surface area (Å²) in [5.41, 5.74) is 0. The molecule has 19 heavy (non-hydrogen) atoms. The van der Waals surface area contributed by atoms with Gasteiger partial charge in [-0.1, -0.05) is 0 Å². The highest BCUT2D eigenvalue weighted by Crippen LogP contribution is 2.20. The Kier molecular flexibility index (Phi) is 4.13. The van der Waals surface area contributed by atoms with Crippen molar-refractivity contribution in [3.63, 3.8) is 0 Å². The van der Waals surface area contributed by atoms with Crippen LogP contribution in [0.25, 0.3) is 0 Å². The SMILES string of the molecule is c1nc(NCCC2CCCO2)cc(N2CCCC2)n1. The van der Waals surface area contributed by atoms with E-state index in [0.29, 0.717) is 6.10 Å². The number of nitrogens with zero attached hydrogens (tertiary/aromatic N) is 3. The number of nitrogens with one attached hydrogen (secondary N) is 1. The van der Waals surface area contributed by atoms with Gasteiger partial charge in [-0.15, -0.1) is 0 Å². The highest BCUT2D eigenvalue weighted by atomic mass is 16.5. The van der Waals surface area contributed by atoms with Gasteiger partial charge in [-0.3, -0.25) is 0 Å². The highest BCUT2D eigenvalue weighted by molar-refractivity contribution is 5.48. The Labute approximate surface area is 114 Å². The third kappa shape index (κ3) is 3.35. The number of hydrogen-bond donors (Lipinski definition) is 1. The average molecular weight is 262 g/mol. The lowest BCUT2D eigenvalue weighted by Gasteiger charge is -2.17. The molecule has 0 aromatic carbocycles. The van der Waals surface area contributed by atoms with Crippen molar-refractivity contribution in [2.24, 2.45) is 0 Å². The summed E-state index contributed by atoms with van der Waals surface area (Å²) in [5.74, 6) is 1.97. The van der Waals surface area contributed by atoms with Gasteiger partial charge in [0.15, 0.2) is 0 Å². The molecule has 1 atom stereocenters. The third-order valence-electron chi connectivity index (χ3n) is 3.88. The fourth-order valence-electron chi connectivity index (χ4n) is 2.80. The standard InChI is InChI=1S/C14H22N4O/c1-2-8-18(7-1)14-10-13(16-11-17-14)15-6-5-12-4-3-9-19-12/h10-12H,1-9H2,(H,15,16,17). The zero-order valence-corrected chi connectivity index (χ0v) is 11.3. The average Bonchev–Trinajstić information content (AvgIpc) is 3.12. The van der Waals surface area contributed by atoms with E-state index in [4.69, 9.17) is 4.74 Å². The van der Waals surface area contributed by atoms with Crippen molar-refractivity contribution < 1.29 is 4.74 Å². The second kappa shape index (κ2) is 6.19. The Morgan fingerprint density at radius 1 is 1.26 bits per heavy atom. The molecule has 2 aliphatic heterocycles. The second-order valence-corrected chi connectivity index (χ2v) is 5.31. The molecule has 0 bridgehead atoms. The van der Waals surface area contributed by atoms with Crippen LogP contribution in [0.2, 0.25) is 0 Å². The predicted octanol–water partition coefficient (Wildman–Crippen LogP) is 2.06. The molecule has 0 aliphatic carbocycles. The van der Waals surface area contributed by atoms with E-state index >= 15 is 0 Å². The number of ether oxygens (including phenoxy) is 1. The van der Waals surface area contributed by atoms with Gasteiger partial charge in [0, 0.05) is 32.3 Å². The number of rotatable bonds is 5. The maximum absolute atomic E-state index is 5.61. The first-order valence-electron chi connectivity index (χ1n) is 7.34. The Morgan fingerprint density at radius 3 is 2.95 bits per heavy atom. The number of hydrogen-bond acceptors (Lipinski definition) is 5. The quantitative estimate of drug-likeness (QED) is 0.880. The summed E-state index contributed by atoms with van der Waals surface area (Å²) in [6.45, 7) is 4.08. The van der Waals surface area contributed by atoms with Crippen LogP contribution in [0.5, 0.6) is 0 Å². The predicted molar refractivity (Wildman–Crippen MR) is 75.6 cm³/mol. The first-order chi connectivity index (χ1) is 9.42. The van der Waals surface area contributed by atoms with E-state index in [9.17, 15) is 0 Å². The van der Waals surface area contributed by atoms with Gasteiger partial charge in [0.05, 0.1) is 6.10 Å². The molecule has 1 aromatic heterocycles. The van der Waals surface area contributed by atoms with E-state index in [2.05, 4.69) is 26.3 Å². The molecule has 2 fully saturated rings. The topological polar surface area (TPSA) is 50.3 Å². The molecule has 5 nitrogen and oxygen atoms in total. The Bertz CT molecular complexity index is 400. The molecule has 104 valence electrons. The van der Waals surface area contributed by atoms with Crippen molar-refractivity contribution in [3.8, 4) is 0 Å². The molecule has 0 spiro atoms. The normalized spacial score (nSPS) is 22.9. The summed E-state index contributed by atoms with van der Waals surface area (Å²) in [5, 5.41) is 3.38. The molecular weight excluding hydrogens is 240 g/mol. The van der Waals surface area contributed by atoms with E-state index in [1.807, 2.05) is 0 Å². The molecule has 1 unspecified atom stereocenters. The summed E-state index contributed by atoms with van der Waals surface area (Å²) in [4.78, 5) is 11.0. The minimum absolute atomic E-state index is 0.437. The van der Waals surface area contributed by atoms with Gasteiger partial charge in [0.25, 0.3) is 0 Å². The largest absolute Gasteiger partial charge is 0.378 e. The zero-order chi connectivity index (χ0) is 12.9. The van der Waals surface area contributed by atoms with Crippen LogP contribution in [0.15, 0.2) is 12.4 Å².